The highest BCUT2D eigenvalue weighted by molar-refractivity contribution is 5.48. The van der Waals surface area contributed by atoms with Crippen molar-refractivity contribution in [3.8, 4) is 5.75 Å². The number of fused-ring (bicyclic) bond motifs is 1. The van der Waals surface area contributed by atoms with Crippen LogP contribution in [0.1, 0.15) is 23.6 Å². The van der Waals surface area contributed by atoms with Crippen LogP contribution < -0.4 is 15.0 Å². The Kier molecular flexibility index (Phi) is 5.17. The average Bonchev–Trinajstić information content (AvgIpc) is 3.13. The Labute approximate surface area is 153 Å². The van der Waals surface area contributed by atoms with Crippen LogP contribution in [0, 0.1) is 0 Å². The molecular weight excluding hydrogens is 332 g/mol. The zero-order valence-electron chi connectivity index (χ0n) is 14.7. The summed E-state index contributed by atoms with van der Waals surface area (Å²) in [4.78, 5) is 11.5. The molecule has 0 unspecified atom stereocenters. The van der Waals surface area contributed by atoms with Crippen molar-refractivity contribution in [3.05, 3.63) is 41.6 Å². The largest absolute Gasteiger partial charge is 0.491 e. The van der Waals surface area contributed by atoms with E-state index in [0.717, 1.165) is 48.9 Å². The molecule has 4 rings (SSSR count). The molecule has 7 heteroatoms. The highest BCUT2D eigenvalue weighted by atomic mass is 16.5. The minimum Gasteiger partial charge on any atom is -0.491 e. The number of rotatable bonds is 5. The normalized spacial score (nSPS) is 19.6. The lowest BCUT2D eigenvalue weighted by atomic mass is 10.0. The standard InChI is InChI=1S/C19H24N4O3/c24-8-6-20-19-21-16(15-5-9-25-13-15)11-18(22-19)23-7-10-26-17-4-2-1-3-14(17)12-23/h1-4,11,15,24H,5-10,12-13H2,(H,20,21,22)/t15-/m0/s1. The van der Waals surface area contributed by atoms with E-state index in [1.165, 1.54) is 0 Å². The van der Waals surface area contributed by atoms with Crippen molar-refractivity contribution in [2.75, 3.05) is 49.7 Å². The molecule has 2 aliphatic rings. The highest BCUT2D eigenvalue weighted by Crippen LogP contribution is 2.30. The van der Waals surface area contributed by atoms with E-state index in [4.69, 9.17) is 14.6 Å². The maximum atomic E-state index is 9.11. The molecule has 1 aromatic heterocycles. The second-order valence-electron chi connectivity index (χ2n) is 6.56. The molecule has 1 saturated heterocycles. The van der Waals surface area contributed by atoms with Gasteiger partial charge in [-0.1, -0.05) is 18.2 Å². The van der Waals surface area contributed by atoms with E-state index in [-0.39, 0.29) is 6.61 Å². The first kappa shape index (κ1) is 17.1. The summed E-state index contributed by atoms with van der Waals surface area (Å²) < 4.78 is 11.4. The van der Waals surface area contributed by atoms with Gasteiger partial charge in [-0.2, -0.15) is 4.98 Å². The van der Waals surface area contributed by atoms with Crippen LogP contribution in [-0.2, 0) is 11.3 Å². The van der Waals surface area contributed by atoms with E-state index in [1.807, 2.05) is 18.2 Å². The van der Waals surface area contributed by atoms with Crippen molar-refractivity contribution >= 4 is 11.8 Å². The van der Waals surface area contributed by atoms with Crippen molar-refractivity contribution in [2.45, 2.75) is 18.9 Å². The lowest BCUT2D eigenvalue weighted by Crippen LogP contribution is -2.27. The molecule has 1 fully saturated rings. The van der Waals surface area contributed by atoms with Gasteiger partial charge in [0, 0.05) is 37.2 Å². The van der Waals surface area contributed by atoms with Gasteiger partial charge in [-0.15, -0.1) is 0 Å². The number of ether oxygens (including phenoxy) is 2. The Hall–Kier alpha value is -2.38. The van der Waals surface area contributed by atoms with Gasteiger partial charge >= 0.3 is 0 Å². The molecule has 0 saturated carbocycles. The molecule has 138 valence electrons. The van der Waals surface area contributed by atoms with Crippen molar-refractivity contribution in [3.63, 3.8) is 0 Å². The van der Waals surface area contributed by atoms with Gasteiger partial charge < -0.3 is 24.8 Å². The number of anilines is 2. The third-order valence-electron chi connectivity index (χ3n) is 4.75. The number of benzene rings is 1. The van der Waals surface area contributed by atoms with Crippen LogP contribution in [0.3, 0.4) is 0 Å². The predicted octanol–water partition coefficient (Wildman–Crippen LogP) is 1.78. The maximum Gasteiger partial charge on any atom is 0.224 e. The molecule has 2 aliphatic heterocycles. The second-order valence-corrected chi connectivity index (χ2v) is 6.56. The van der Waals surface area contributed by atoms with Gasteiger partial charge in [0.2, 0.25) is 5.95 Å². The van der Waals surface area contributed by atoms with Crippen LogP contribution >= 0.6 is 0 Å². The third-order valence-corrected chi connectivity index (χ3v) is 4.75. The number of nitrogens with zero attached hydrogens (tertiary/aromatic N) is 3. The van der Waals surface area contributed by atoms with E-state index in [9.17, 15) is 0 Å². The minimum absolute atomic E-state index is 0.0421. The number of aliphatic hydroxyl groups excluding tert-OH is 1. The van der Waals surface area contributed by atoms with Crippen molar-refractivity contribution in [1.29, 1.82) is 0 Å². The van der Waals surface area contributed by atoms with Gasteiger partial charge in [-0.3, -0.25) is 0 Å². The number of hydrogen-bond donors (Lipinski definition) is 2. The van der Waals surface area contributed by atoms with Crippen molar-refractivity contribution in [2.24, 2.45) is 0 Å². The van der Waals surface area contributed by atoms with Crippen molar-refractivity contribution in [1.82, 2.24) is 9.97 Å². The van der Waals surface area contributed by atoms with Crippen LogP contribution in [0.25, 0.3) is 0 Å². The summed E-state index contributed by atoms with van der Waals surface area (Å²) >= 11 is 0. The second kappa shape index (κ2) is 7.88. The van der Waals surface area contributed by atoms with Crippen LogP contribution in [0.2, 0.25) is 0 Å². The number of hydrogen-bond acceptors (Lipinski definition) is 7. The molecule has 26 heavy (non-hydrogen) atoms. The zero-order chi connectivity index (χ0) is 17.8. The number of aliphatic hydroxyl groups is 1. The average molecular weight is 356 g/mol. The molecular formula is C19H24N4O3. The molecule has 0 aliphatic carbocycles. The number of nitrogens with one attached hydrogen (secondary N) is 1. The fraction of sp³-hybridized carbons (Fsp3) is 0.474. The van der Waals surface area contributed by atoms with E-state index >= 15 is 0 Å². The van der Waals surface area contributed by atoms with Gasteiger partial charge in [0.25, 0.3) is 0 Å². The lowest BCUT2D eigenvalue weighted by molar-refractivity contribution is 0.193. The lowest BCUT2D eigenvalue weighted by Gasteiger charge is -2.23. The number of aromatic nitrogens is 2. The van der Waals surface area contributed by atoms with E-state index in [0.29, 0.717) is 31.6 Å². The first-order valence-electron chi connectivity index (χ1n) is 9.10. The first-order valence-corrected chi connectivity index (χ1v) is 9.10. The van der Waals surface area contributed by atoms with Gasteiger partial charge in [0.1, 0.15) is 18.2 Å². The summed E-state index contributed by atoms with van der Waals surface area (Å²) in [5.74, 6) is 2.66. The van der Waals surface area contributed by atoms with E-state index < -0.39 is 0 Å². The molecule has 2 aromatic rings. The van der Waals surface area contributed by atoms with Crippen LogP contribution in [-0.4, -0.2) is 54.6 Å². The quantitative estimate of drug-likeness (QED) is 0.845. The smallest absolute Gasteiger partial charge is 0.224 e. The van der Waals surface area contributed by atoms with Gasteiger partial charge in [0.15, 0.2) is 0 Å². The summed E-state index contributed by atoms with van der Waals surface area (Å²) in [7, 11) is 0. The topological polar surface area (TPSA) is 79.7 Å². The highest BCUT2D eigenvalue weighted by Gasteiger charge is 2.23. The van der Waals surface area contributed by atoms with Gasteiger partial charge in [-0.05, 0) is 12.5 Å². The summed E-state index contributed by atoms with van der Waals surface area (Å²) in [5, 5.41) is 12.2. The Morgan fingerprint density at radius 1 is 1.23 bits per heavy atom. The monoisotopic (exact) mass is 356 g/mol. The SMILES string of the molecule is OCCNc1nc([C@H]2CCOC2)cc(N2CCOc3ccccc3C2)n1. The van der Waals surface area contributed by atoms with Gasteiger partial charge in [-0.25, -0.2) is 4.98 Å². The molecule has 0 spiro atoms. The molecule has 2 N–H and O–H groups in total. The minimum atomic E-state index is 0.0421. The summed E-state index contributed by atoms with van der Waals surface area (Å²) in [6, 6.07) is 10.2. The molecule has 1 aromatic carbocycles. The molecule has 7 nitrogen and oxygen atoms in total. The van der Waals surface area contributed by atoms with Crippen LogP contribution in [0.5, 0.6) is 5.75 Å². The Morgan fingerprint density at radius 3 is 3.00 bits per heavy atom. The fourth-order valence-electron chi connectivity index (χ4n) is 3.36. The van der Waals surface area contributed by atoms with Crippen LogP contribution in [0.15, 0.2) is 30.3 Å². The fourth-order valence-corrected chi connectivity index (χ4v) is 3.36. The zero-order valence-corrected chi connectivity index (χ0v) is 14.7. The molecule has 0 bridgehead atoms. The number of para-hydroxylation sites is 1. The molecule has 1 atom stereocenters. The van der Waals surface area contributed by atoms with E-state index in [2.05, 4.69) is 32.3 Å². The summed E-state index contributed by atoms with van der Waals surface area (Å²) in [5.41, 5.74) is 2.14. The third kappa shape index (κ3) is 3.73. The van der Waals surface area contributed by atoms with Crippen LogP contribution in [0.4, 0.5) is 11.8 Å². The summed E-state index contributed by atoms with van der Waals surface area (Å²) in [6.45, 7) is 4.05. The Balaban J connectivity index is 1.64. The Bertz CT molecular complexity index is 749. The van der Waals surface area contributed by atoms with E-state index in [1.54, 1.807) is 0 Å². The predicted molar refractivity (Wildman–Crippen MR) is 98.8 cm³/mol. The molecule has 0 amide bonds. The van der Waals surface area contributed by atoms with Gasteiger partial charge in [0.05, 0.1) is 25.5 Å². The maximum absolute atomic E-state index is 9.11. The Morgan fingerprint density at radius 2 is 2.15 bits per heavy atom. The molecule has 0 radical (unpaired) electrons. The summed E-state index contributed by atoms with van der Waals surface area (Å²) in [6.07, 6.45) is 0.974. The molecule has 3 heterocycles. The first-order chi connectivity index (χ1) is 12.8. The van der Waals surface area contributed by atoms with Crippen molar-refractivity contribution < 1.29 is 14.6 Å².